The number of nitrogens with zero attached hydrogens (tertiary/aromatic N) is 3. The van der Waals surface area contributed by atoms with E-state index in [0.717, 1.165) is 48.2 Å². The number of carbonyl (C=O) groups excluding carboxylic acids is 1. The van der Waals surface area contributed by atoms with E-state index in [1.165, 1.54) is 6.42 Å². The molecule has 1 aromatic heterocycles. The van der Waals surface area contributed by atoms with E-state index in [0.29, 0.717) is 22.9 Å². The van der Waals surface area contributed by atoms with Gasteiger partial charge in [0.25, 0.3) is 5.91 Å². The van der Waals surface area contributed by atoms with Gasteiger partial charge in [-0.15, -0.1) is 0 Å². The molecule has 39 heavy (non-hydrogen) atoms. The van der Waals surface area contributed by atoms with Crippen LogP contribution in [0.3, 0.4) is 0 Å². The lowest BCUT2D eigenvalue weighted by molar-refractivity contribution is -0.117. The van der Waals surface area contributed by atoms with Gasteiger partial charge in [-0.3, -0.25) is 4.79 Å². The Kier molecular flexibility index (Phi) is 8.40. The summed E-state index contributed by atoms with van der Waals surface area (Å²) in [6.07, 6.45) is 8.78. The van der Waals surface area contributed by atoms with E-state index in [1.54, 1.807) is 10.8 Å². The summed E-state index contributed by atoms with van der Waals surface area (Å²) in [6.45, 7) is 0.425. The van der Waals surface area contributed by atoms with Gasteiger partial charge in [-0.05, 0) is 73.0 Å². The summed E-state index contributed by atoms with van der Waals surface area (Å²) >= 11 is 5.97. The Bertz CT molecular complexity index is 1480. The van der Waals surface area contributed by atoms with Gasteiger partial charge in [-0.1, -0.05) is 61.2 Å². The topological polar surface area (TPSA) is 79.9 Å². The largest absolute Gasteiger partial charge is 0.489 e. The van der Waals surface area contributed by atoms with E-state index in [9.17, 15) is 10.1 Å². The Labute approximate surface area is 233 Å². The number of halogens is 1. The van der Waals surface area contributed by atoms with Crippen LogP contribution < -0.4 is 10.1 Å². The summed E-state index contributed by atoms with van der Waals surface area (Å²) in [6, 6.07) is 27.1. The average Bonchev–Trinajstić information content (AvgIpc) is 3.40. The van der Waals surface area contributed by atoms with Gasteiger partial charge in [-0.2, -0.15) is 10.4 Å². The molecule has 1 saturated carbocycles. The van der Waals surface area contributed by atoms with Crippen LogP contribution in [0.25, 0.3) is 23.0 Å². The molecular formula is C32H29ClN4O2. The van der Waals surface area contributed by atoms with E-state index < -0.39 is 0 Å². The Hall–Kier alpha value is -4.34. The number of nitriles is 1. The smallest absolute Gasteiger partial charge is 0.262 e. The van der Waals surface area contributed by atoms with Gasteiger partial charge < -0.3 is 10.1 Å². The van der Waals surface area contributed by atoms with Crippen LogP contribution in [-0.2, 0) is 11.4 Å². The number of ether oxygens (including phenoxy) is 1. The van der Waals surface area contributed by atoms with E-state index in [-0.39, 0.29) is 17.5 Å². The fourth-order valence-electron chi connectivity index (χ4n) is 4.70. The highest BCUT2D eigenvalue weighted by Crippen LogP contribution is 2.28. The summed E-state index contributed by atoms with van der Waals surface area (Å²) in [4.78, 5) is 13.0. The minimum atomic E-state index is -0.339. The molecule has 1 N–H and O–H groups in total. The molecule has 0 atom stereocenters. The highest BCUT2D eigenvalue weighted by Gasteiger charge is 2.20. The number of aromatic nitrogens is 2. The minimum Gasteiger partial charge on any atom is -0.489 e. The second kappa shape index (κ2) is 12.5. The third kappa shape index (κ3) is 6.76. The number of hydrogen-bond acceptors (Lipinski definition) is 4. The summed E-state index contributed by atoms with van der Waals surface area (Å²) in [5.74, 6) is 0.381. The van der Waals surface area contributed by atoms with Gasteiger partial charge in [-0.25, -0.2) is 4.68 Å². The Morgan fingerprint density at radius 3 is 2.44 bits per heavy atom. The summed E-state index contributed by atoms with van der Waals surface area (Å²) in [7, 11) is 0. The van der Waals surface area contributed by atoms with Crippen molar-refractivity contribution in [2.45, 2.75) is 44.8 Å². The molecule has 1 fully saturated rings. The first-order chi connectivity index (χ1) is 19.1. The fourth-order valence-corrected chi connectivity index (χ4v) is 4.83. The molecule has 0 aliphatic heterocycles. The molecule has 5 rings (SSSR count). The van der Waals surface area contributed by atoms with Gasteiger partial charge in [0.05, 0.1) is 11.4 Å². The molecule has 0 spiro atoms. The van der Waals surface area contributed by atoms with Crippen LogP contribution in [0.15, 0.2) is 90.6 Å². The maximum absolute atomic E-state index is 13.0. The number of rotatable bonds is 8. The number of carbonyl (C=O) groups is 1. The predicted molar refractivity (Wildman–Crippen MR) is 153 cm³/mol. The Morgan fingerprint density at radius 2 is 1.74 bits per heavy atom. The SMILES string of the molecule is N#CC(=Cc1cn(-c2ccccc2)nc1-c1ccc(OCc2ccc(Cl)cc2)cc1)C(=O)NC1CCCCC1. The maximum atomic E-state index is 13.0. The monoisotopic (exact) mass is 536 g/mol. The van der Waals surface area contributed by atoms with Gasteiger partial charge in [0.15, 0.2) is 0 Å². The van der Waals surface area contributed by atoms with Crippen molar-refractivity contribution in [2.75, 3.05) is 0 Å². The molecule has 0 unspecified atom stereocenters. The number of hydrogen-bond donors (Lipinski definition) is 1. The third-order valence-corrected chi connectivity index (χ3v) is 7.07. The molecule has 0 saturated heterocycles. The number of benzene rings is 3. The standard InChI is InChI=1S/C32H29ClN4O2/c33-27-15-11-23(12-16-27)22-39-30-17-13-24(14-18-30)31-26(21-37(36-31)29-9-5-2-6-10-29)19-25(20-34)32(38)35-28-7-3-1-4-8-28/h2,5-6,9-19,21,28H,1,3-4,7-8,22H2,(H,35,38). The second-order valence-corrected chi connectivity index (χ2v) is 10.1. The van der Waals surface area contributed by atoms with E-state index in [2.05, 4.69) is 11.4 Å². The predicted octanol–water partition coefficient (Wildman–Crippen LogP) is 7.13. The van der Waals surface area contributed by atoms with Crippen molar-refractivity contribution in [3.63, 3.8) is 0 Å². The first kappa shape index (κ1) is 26.3. The summed E-state index contributed by atoms with van der Waals surface area (Å²) in [5, 5.41) is 18.4. The molecule has 7 heteroatoms. The molecule has 196 valence electrons. The van der Waals surface area contributed by atoms with Gasteiger partial charge in [0.1, 0.15) is 24.0 Å². The normalized spacial score (nSPS) is 14.0. The second-order valence-electron chi connectivity index (χ2n) is 9.63. The maximum Gasteiger partial charge on any atom is 0.262 e. The zero-order valence-electron chi connectivity index (χ0n) is 21.5. The van der Waals surface area contributed by atoms with Crippen molar-refractivity contribution in [1.29, 1.82) is 5.26 Å². The molecule has 3 aromatic carbocycles. The van der Waals surface area contributed by atoms with Crippen molar-refractivity contribution < 1.29 is 9.53 Å². The van der Waals surface area contributed by atoms with Crippen molar-refractivity contribution in [2.24, 2.45) is 0 Å². The molecule has 4 aromatic rings. The molecule has 6 nitrogen and oxygen atoms in total. The lowest BCUT2D eigenvalue weighted by atomic mass is 9.95. The van der Waals surface area contributed by atoms with Crippen LogP contribution in [-0.4, -0.2) is 21.7 Å². The first-order valence-corrected chi connectivity index (χ1v) is 13.5. The van der Waals surface area contributed by atoms with E-state index in [1.807, 2.05) is 85.1 Å². The fraction of sp³-hybridized carbons (Fsp3) is 0.219. The van der Waals surface area contributed by atoms with Crippen LogP contribution in [0.5, 0.6) is 5.75 Å². The van der Waals surface area contributed by atoms with Crippen LogP contribution in [0.2, 0.25) is 5.02 Å². The van der Waals surface area contributed by atoms with Crippen molar-refractivity contribution in [1.82, 2.24) is 15.1 Å². The van der Waals surface area contributed by atoms with Crippen LogP contribution in [0.4, 0.5) is 0 Å². The molecule has 0 bridgehead atoms. The molecule has 1 amide bonds. The van der Waals surface area contributed by atoms with Crippen molar-refractivity contribution >= 4 is 23.6 Å². The number of para-hydroxylation sites is 1. The lowest BCUT2D eigenvalue weighted by Crippen LogP contribution is -2.36. The summed E-state index contributed by atoms with van der Waals surface area (Å²) in [5.41, 5.74) is 4.17. The van der Waals surface area contributed by atoms with Crippen LogP contribution in [0, 0.1) is 11.3 Å². The van der Waals surface area contributed by atoms with Crippen LogP contribution >= 0.6 is 11.6 Å². The van der Waals surface area contributed by atoms with Gasteiger partial charge in [0.2, 0.25) is 0 Å². The highest BCUT2D eigenvalue weighted by atomic mass is 35.5. The zero-order valence-corrected chi connectivity index (χ0v) is 22.3. The molecule has 1 aliphatic carbocycles. The molecule has 0 radical (unpaired) electrons. The first-order valence-electron chi connectivity index (χ1n) is 13.1. The number of amides is 1. The van der Waals surface area contributed by atoms with Crippen LogP contribution in [0.1, 0.15) is 43.2 Å². The Balaban J connectivity index is 1.41. The Morgan fingerprint density at radius 1 is 1.03 bits per heavy atom. The van der Waals surface area contributed by atoms with Gasteiger partial charge in [0, 0.05) is 28.4 Å². The quantitative estimate of drug-likeness (QED) is 0.192. The summed E-state index contributed by atoms with van der Waals surface area (Å²) < 4.78 is 7.70. The average molecular weight is 537 g/mol. The molecular weight excluding hydrogens is 508 g/mol. The molecule has 1 aliphatic rings. The van der Waals surface area contributed by atoms with E-state index >= 15 is 0 Å². The lowest BCUT2D eigenvalue weighted by Gasteiger charge is -2.22. The molecule has 1 heterocycles. The van der Waals surface area contributed by atoms with Crippen molar-refractivity contribution in [3.05, 3.63) is 107 Å². The highest BCUT2D eigenvalue weighted by molar-refractivity contribution is 6.30. The number of nitrogens with one attached hydrogen (secondary N) is 1. The van der Waals surface area contributed by atoms with Gasteiger partial charge >= 0.3 is 0 Å². The van der Waals surface area contributed by atoms with Crippen molar-refractivity contribution in [3.8, 4) is 28.8 Å². The third-order valence-electron chi connectivity index (χ3n) is 6.82. The minimum absolute atomic E-state index is 0.0670. The zero-order chi connectivity index (χ0) is 27.0. The van der Waals surface area contributed by atoms with E-state index in [4.69, 9.17) is 21.4 Å².